The lowest BCUT2D eigenvalue weighted by molar-refractivity contribution is 0.667. The highest BCUT2D eigenvalue weighted by molar-refractivity contribution is 9.10. The van der Waals surface area contributed by atoms with Crippen molar-refractivity contribution in [3.63, 3.8) is 0 Å². The second kappa shape index (κ2) is 6.07. The van der Waals surface area contributed by atoms with Gasteiger partial charge in [0.15, 0.2) is 0 Å². The van der Waals surface area contributed by atoms with Gasteiger partial charge in [-0.25, -0.2) is 0 Å². The topological polar surface area (TPSA) is 15.3 Å². The zero-order valence-corrected chi connectivity index (χ0v) is 13.1. The van der Waals surface area contributed by atoms with E-state index in [0.717, 1.165) is 19.1 Å². The number of nitrogens with zero attached hydrogens (tertiary/aromatic N) is 1. The monoisotopic (exact) mass is 310 g/mol. The Labute approximate surface area is 119 Å². The molecule has 18 heavy (non-hydrogen) atoms. The molecule has 3 heteroatoms. The second-order valence-electron chi connectivity index (χ2n) is 5.31. The smallest absolute Gasteiger partial charge is 0.0414 e. The third kappa shape index (κ3) is 3.48. The minimum atomic E-state index is 0.538. The number of anilines is 1. The summed E-state index contributed by atoms with van der Waals surface area (Å²) in [4.78, 5) is 2.45. The Morgan fingerprint density at radius 1 is 1.39 bits per heavy atom. The molecule has 0 amide bonds. The summed E-state index contributed by atoms with van der Waals surface area (Å²) >= 11 is 3.58. The van der Waals surface area contributed by atoms with Crippen LogP contribution in [0.1, 0.15) is 39.2 Å². The lowest BCUT2D eigenvalue weighted by Crippen LogP contribution is -2.32. The quantitative estimate of drug-likeness (QED) is 0.856. The van der Waals surface area contributed by atoms with Crippen LogP contribution < -0.4 is 10.2 Å². The fourth-order valence-electron chi connectivity index (χ4n) is 2.33. The maximum Gasteiger partial charge on any atom is 0.0414 e. The van der Waals surface area contributed by atoms with E-state index in [2.05, 4.69) is 65.1 Å². The van der Waals surface area contributed by atoms with Gasteiger partial charge in [0.1, 0.15) is 0 Å². The van der Waals surface area contributed by atoms with Crippen molar-refractivity contribution in [2.75, 3.05) is 11.4 Å². The fourth-order valence-corrected chi connectivity index (χ4v) is 2.74. The Kier molecular flexibility index (Phi) is 4.68. The van der Waals surface area contributed by atoms with Crippen molar-refractivity contribution in [1.82, 2.24) is 5.32 Å². The summed E-state index contributed by atoms with van der Waals surface area (Å²) in [5.74, 6) is 0. The second-order valence-corrected chi connectivity index (χ2v) is 6.22. The molecule has 1 saturated carbocycles. The van der Waals surface area contributed by atoms with E-state index in [-0.39, 0.29) is 0 Å². The van der Waals surface area contributed by atoms with Crippen LogP contribution in [0.5, 0.6) is 0 Å². The van der Waals surface area contributed by atoms with E-state index < -0.39 is 0 Å². The van der Waals surface area contributed by atoms with Gasteiger partial charge in [-0.05, 0) is 57.4 Å². The molecule has 0 spiro atoms. The number of halogens is 1. The highest BCUT2D eigenvalue weighted by atomic mass is 79.9. The molecule has 2 rings (SSSR count). The van der Waals surface area contributed by atoms with Crippen LogP contribution in [0.2, 0.25) is 0 Å². The first-order chi connectivity index (χ1) is 8.61. The SMILES string of the molecule is CCN(c1ccc(Br)cc1CNC1CC1)C(C)C. The van der Waals surface area contributed by atoms with Crippen LogP contribution in [0.15, 0.2) is 22.7 Å². The van der Waals surface area contributed by atoms with Crippen LogP contribution in [0.25, 0.3) is 0 Å². The van der Waals surface area contributed by atoms with Crippen LogP contribution in [0, 0.1) is 0 Å². The van der Waals surface area contributed by atoms with E-state index in [9.17, 15) is 0 Å². The molecule has 1 aromatic carbocycles. The van der Waals surface area contributed by atoms with Gasteiger partial charge in [-0.3, -0.25) is 0 Å². The molecular formula is C15H23BrN2. The van der Waals surface area contributed by atoms with Gasteiger partial charge in [0.25, 0.3) is 0 Å². The molecule has 0 aliphatic heterocycles. The largest absolute Gasteiger partial charge is 0.369 e. The highest BCUT2D eigenvalue weighted by Gasteiger charge is 2.21. The highest BCUT2D eigenvalue weighted by Crippen LogP contribution is 2.27. The molecule has 1 aromatic rings. The van der Waals surface area contributed by atoms with Gasteiger partial charge >= 0.3 is 0 Å². The first-order valence-electron chi connectivity index (χ1n) is 6.90. The molecular weight excluding hydrogens is 288 g/mol. The number of hydrogen-bond acceptors (Lipinski definition) is 2. The van der Waals surface area contributed by atoms with Crippen LogP contribution >= 0.6 is 15.9 Å². The van der Waals surface area contributed by atoms with Gasteiger partial charge in [0.05, 0.1) is 0 Å². The third-order valence-corrected chi connectivity index (χ3v) is 3.97. The summed E-state index contributed by atoms with van der Waals surface area (Å²) in [7, 11) is 0. The third-order valence-electron chi connectivity index (χ3n) is 3.47. The first kappa shape index (κ1) is 13.9. The molecule has 0 heterocycles. The number of nitrogens with one attached hydrogen (secondary N) is 1. The summed E-state index contributed by atoms with van der Waals surface area (Å²) in [6.07, 6.45) is 2.68. The van der Waals surface area contributed by atoms with Crippen molar-refractivity contribution < 1.29 is 0 Å². The molecule has 1 N–H and O–H groups in total. The van der Waals surface area contributed by atoms with E-state index >= 15 is 0 Å². The summed E-state index contributed by atoms with van der Waals surface area (Å²) in [6, 6.07) is 7.91. The van der Waals surface area contributed by atoms with E-state index in [4.69, 9.17) is 0 Å². The van der Waals surface area contributed by atoms with Gasteiger partial charge in [-0.15, -0.1) is 0 Å². The van der Waals surface area contributed by atoms with E-state index in [1.54, 1.807) is 0 Å². The molecule has 1 aliphatic rings. The molecule has 1 aliphatic carbocycles. The summed E-state index contributed by atoms with van der Waals surface area (Å²) < 4.78 is 1.17. The van der Waals surface area contributed by atoms with Gasteiger partial charge in [-0.1, -0.05) is 15.9 Å². The first-order valence-corrected chi connectivity index (χ1v) is 7.69. The van der Waals surface area contributed by atoms with E-state index in [1.165, 1.54) is 28.6 Å². The van der Waals surface area contributed by atoms with Crippen LogP contribution in [-0.4, -0.2) is 18.6 Å². The summed E-state index contributed by atoms with van der Waals surface area (Å²) in [6.45, 7) is 8.76. The Bertz CT molecular complexity index is 399. The van der Waals surface area contributed by atoms with Crippen molar-refractivity contribution in [3.05, 3.63) is 28.2 Å². The van der Waals surface area contributed by atoms with Crippen molar-refractivity contribution >= 4 is 21.6 Å². The molecule has 2 nitrogen and oxygen atoms in total. The summed E-state index contributed by atoms with van der Waals surface area (Å²) in [5.41, 5.74) is 2.76. The molecule has 0 aromatic heterocycles. The standard InChI is InChI=1S/C15H23BrN2/c1-4-18(11(2)3)15-8-5-13(16)9-12(15)10-17-14-6-7-14/h5,8-9,11,14,17H,4,6-7,10H2,1-3H3. The minimum absolute atomic E-state index is 0.538. The maximum absolute atomic E-state index is 3.61. The van der Waals surface area contributed by atoms with Crippen LogP contribution in [0.3, 0.4) is 0 Å². The Morgan fingerprint density at radius 2 is 2.11 bits per heavy atom. The Morgan fingerprint density at radius 3 is 2.67 bits per heavy atom. The van der Waals surface area contributed by atoms with E-state index in [0.29, 0.717) is 6.04 Å². The molecule has 0 bridgehead atoms. The summed E-state index contributed by atoms with van der Waals surface area (Å²) in [5, 5.41) is 3.61. The zero-order valence-electron chi connectivity index (χ0n) is 11.5. The fraction of sp³-hybridized carbons (Fsp3) is 0.600. The van der Waals surface area contributed by atoms with E-state index in [1.807, 2.05) is 0 Å². The number of rotatable bonds is 6. The van der Waals surface area contributed by atoms with Crippen molar-refractivity contribution in [1.29, 1.82) is 0 Å². The molecule has 1 fully saturated rings. The lowest BCUT2D eigenvalue weighted by atomic mass is 10.1. The van der Waals surface area contributed by atoms with Crippen LogP contribution in [0.4, 0.5) is 5.69 Å². The average Bonchev–Trinajstić information content (AvgIpc) is 3.13. The normalized spacial score (nSPS) is 15.2. The van der Waals surface area contributed by atoms with Crippen LogP contribution in [-0.2, 0) is 6.54 Å². The molecule has 0 atom stereocenters. The van der Waals surface area contributed by atoms with Crippen molar-refractivity contribution in [3.8, 4) is 0 Å². The predicted octanol–water partition coefficient (Wildman–Crippen LogP) is 3.94. The van der Waals surface area contributed by atoms with Crippen molar-refractivity contribution in [2.45, 2.75) is 52.2 Å². The Hall–Kier alpha value is -0.540. The number of hydrogen-bond donors (Lipinski definition) is 1. The van der Waals surface area contributed by atoms with Crippen molar-refractivity contribution in [2.24, 2.45) is 0 Å². The molecule has 100 valence electrons. The number of benzene rings is 1. The predicted molar refractivity (Wildman–Crippen MR) is 82.2 cm³/mol. The van der Waals surface area contributed by atoms with Gasteiger partial charge in [0.2, 0.25) is 0 Å². The van der Waals surface area contributed by atoms with Gasteiger partial charge in [0, 0.05) is 35.3 Å². The molecule has 0 saturated heterocycles. The van der Waals surface area contributed by atoms with Gasteiger partial charge in [-0.2, -0.15) is 0 Å². The Balaban J connectivity index is 2.19. The average molecular weight is 311 g/mol. The minimum Gasteiger partial charge on any atom is -0.369 e. The maximum atomic E-state index is 3.61. The van der Waals surface area contributed by atoms with Gasteiger partial charge < -0.3 is 10.2 Å². The lowest BCUT2D eigenvalue weighted by Gasteiger charge is -2.30. The molecule has 0 unspecified atom stereocenters. The zero-order chi connectivity index (χ0) is 13.1. The molecule has 0 radical (unpaired) electrons.